The van der Waals surface area contributed by atoms with Gasteiger partial charge < -0.3 is 15.0 Å². The number of nitrogens with one attached hydrogen (secondary N) is 2. The lowest BCUT2D eigenvalue weighted by Crippen LogP contribution is -2.41. The van der Waals surface area contributed by atoms with Gasteiger partial charge in [-0.3, -0.25) is 4.79 Å². The molecule has 1 aromatic heterocycles. The van der Waals surface area contributed by atoms with Crippen LogP contribution >= 0.6 is 0 Å². The van der Waals surface area contributed by atoms with Crippen molar-refractivity contribution in [1.29, 1.82) is 0 Å². The predicted molar refractivity (Wildman–Crippen MR) is 63.6 cm³/mol. The molecule has 1 aliphatic carbocycles. The predicted octanol–water partition coefficient (Wildman–Crippen LogP) is 0.666. The normalized spacial score (nSPS) is 20.7. The molecule has 2 atom stereocenters. The number of rotatable bonds is 4. The van der Waals surface area contributed by atoms with Crippen molar-refractivity contribution in [2.24, 2.45) is 5.92 Å². The van der Waals surface area contributed by atoms with Crippen molar-refractivity contribution in [1.82, 2.24) is 15.3 Å². The number of imidazole rings is 1. The fraction of sp³-hybridized carbons (Fsp3) is 0.667. The minimum absolute atomic E-state index is 0.0576. The molecule has 17 heavy (non-hydrogen) atoms. The maximum absolute atomic E-state index is 12.0. The number of amides is 1. The van der Waals surface area contributed by atoms with Gasteiger partial charge in [0.25, 0.3) is 0 Å². The lowest BCUT2D eigenvalue weighted by molar-refractivity contribution is -0.126. The van der Waals surface area contributed by atoms with E-state index in [-0.39, 0.29) is 17.9 Å². The Hall–Kier alpha value is -1.36. The smallest absolute Gasteiger partial charge is 0.223 e. The molecule has 0 saturated carbocycles. The summed E-state index contributed by atoms with van der Waals surface area (Å²) in [5, 5.41) is 2.98. The first-order valence-electron chi connectivity index (χ1n) is 6.01. The summed E-state index contributed by atoms with van der Waals surface area (Å²) >= 11 is 0. The third-order valence-electron chi connectivity index (χ3n) is 3.16. The van der Waals surface area contributed by atoms with Crippen molar-refractivity contribution >= 4 is 5.91 Å². The standard InChI is InChI=1S/C12H19N3O2/c1-8(6-17-2)15-12(16)9-3-4-10-11(5-9)14-7-13-10/h7-9H,3-6H2,1-2H3,(H,13,14)(H,15,16)/t8-,9-/m0/s1. The van der Waals surface area contributed by atoms with E-state index in [2.05, 4.69) is 15.3 Å². The second-order valence-electron chi connectivity index (χ2n) is 4.63. The first-order chi connectivity index (χ1) is 8.20. The number of aryl methyl sites for hydroxylation is 1. The Morgan fingerprint density at radius 2 is 2.59 bits per heavy atom. The van der Waals surface area contributed by atoms with Gasteiger partial charge in [-0.1, -0.05) is 0 Å². The van der Waals surface area contributed by atoms with Crippen LogP contribution in [0.15, 0.2) is 6.33 Å². The zero-order chi connectivity index (χ0) is 12.3. The number of carbonyl (C=O) groups excluding carboxylic acids is 1. The van der Waals surface area contributed by atoms with E-state index < -0.39 is 0 Å². The highest BCUT2D eigenvalue weighted by molar-refractivity contribution is 5.79. The first-order valence-corrected chi connectivity index (χ1v) is 6.01. The topological polar surface area (TPSA) is 67.0 Å². The highest BCUT2D eigenvalue weighted by atomic mass is 16.5. The molecule has 1 amide bonds. The molecule has 0 aliphatic heterocycles. The number of methoxy groups -OCH3 is 1. The van der Waals surface area contributed by atoms with Gasteiger partial charge >= 0.3 is 0 Å². The average molecular weight is 237 g/mol. The van der Waals surface area contributed by atoms with Crippen LogP contribution in [0.2, 0.25) is 0 Å². The van der Waals surface area contributed by atoms with E-state index in [1.54, 1.807) is 13.4 Å². The monoisotopic (exact) mass is 237 g/mol. The molecule has 2 N–H and O–H groups in total. The van der Waals surface area contributed by atoms with E-state index in [1.165, 1.54) is 0 Å². The van der Waals surface area contributed by atoms with Crippen LogP contribution in [0.4, 0.5) is 0 Å². The Balaban J connectivity index is 1.90. The van der Waals surface area contributed by atoms with Crippen molar-refractivity contribution in [3.8, 4) is 0 Å². The van der Waals surface area contributed by atoms with Crippen LogP contribution in [0.3, 0.4) is 0 Å². The van der Waals surface area contributed by atoms with Crippen molar-refractivity contribution < 1.29 is 9.53 Å². The van der Waals surface area contributed by atoms with Gasteiger partial charge in [-0.05, 0) is 19.8 Å². The summed E-state index contributed by atoms with van der Waals surface area (Å²) in [5.74, 6) is 0.178. The molecule has 5 heteroatoms. The van der Waals surface area contributed by atoms with Gasteiger partial charge in [-0.2, -0.15) is 0 Å². The molecule has 1 heterocycles. The molecule has 0 bridgehead atoms. The zero-order valence-electron chi connectivity index (χ0n) is 10.3. The Labute approximate surface area is 101 Å². The molecule has 1 aromatic rings. The SMILES string of the molecule is COC[C@H](C)NC(=O)[C@H]1CCc2nc[nH]c2C1. The largest absolute Gasteiger partial charge is 0.383 e. The molecule has 0 fully saturated rings. The molecule has 0 spiro atoms. The molecular formula is C12H19N3O2. The molecule has 1 aliphatic rings. The van der Waals surface area contributed by atoms with E-state index >= 15 is 0 Å². The van der Waals surface area contributed by atoms with Crippen molar-refractivity contribution in [2.45, 2.75) is 32.2 Å². The molecule has 94 valence electrons. The number of nitrogens with zero attached hydrogens (tertiary/aromatic N) is 1. The molecule has 0 unspecified atom stereocenters. The number of hydrogen-bond donors (Lipinski definition) is 2. The summed E-state index contributed by atoms with van der Waals surface area (Å²) in [6, 6.07) is 0.0654. The summed E-state index contributed by atoms with van der Waals surface area (Å²) in [5.41, 5.74) is 2.22. The Kier molecular flexibility index (Phi) is 3.78. The van der Waals surface area contributed by atoms with Crippen molar-refractivity contribution in [3.05, 3.63) is 17.7 Å². The maximum Gasteiger partial charge on any atom is 0.223 e. The second-order valence-corrected chi connectivity index (χ2v) is 4.63. The quantitative estimate of drug-likeness (QED) is 0.808. The minimum Gasteiger partial charge on any atom is -0.383 e. The van der Waals surface area contributed by atoms with Gasteiger partial charge in [0.2, 0.25) is 5.91 Å². The molecule has 0 aromatic carbocycles. The highest BCUT2D eigenvalue weighted by Gasteiger charge is 2.26. The Bertz CT molecular complexity index is 389. The average Bonchev–Trinajstić information content (AvgIpc) is 2.75. The van der Waals surface area contributed by atoms with Crippen molar-refractivity contribution in [2.75, 3.05) is 13.7 Å². The van der Waals surface area contributed by atoms with E-state index in [9.17, 15) is 4.79 Å². The Morgan fingerprint density at radius 1 is 1.76 bits per heavy atom. The fourth-order valence-electron chi connectivity index (χ4n) is 2.28. The number of fused-ring (bicyclic) bond motifs is 1. The number of carbonyl (C=O) groups is 1. The van der Waals surface area contributed by atoms with Crippen LogP contribution in [0, 0.1) is 5.92 Å². The summed E-state index contributed by atoms with van der Waals surface area (Å²) in [6.45, 7) is 2.50. The van der Waals surface area contributed by atoms with Gasteiger partial charge in [0.15, 0.2) is 0 Å². The van der Waals surface area contributed by atoms with Crippen molar-refractivity contribution in [3.63, 3.8) is 0 Å². The van der Waals surface area contributed by atoms with Gasteiger partial charge in [0.05, 0.1) is 18.6 Å². The maximum atomic E-state index is 12.0. The fourth-order valence-corrected chi connectivity index (χ4v) is 2.28. The highest BCUT2D eigenvalue weighted by Crippen LogP contribution is 2.22. The Morgan fingerprint density at radius 3 is 3.35 bits per heavy atom. The number of hydrogen-bond acceptors (Lipinski definition) is 3. The molecule has 0 radical (unpaired) electrons. The van der Waals surface area contributed by atoms with Crippen LogP contribution in [-0.2, 0) is 22.4 Å². The number of ether oxygens (including phenoxy) is 1. The van der Waals surface area contributed by atoms with E-state index in [1.807, 2.05) is 6.92 Å². The summed E-state index contributed by atoms with van der Waals surface area (Å²) in [6.07, 6.45) is 4.23. The van der Waals surface area contributed by atoms with Crippen LogP contribution in [0.25, 0.3) is 0 Å². The van der Waals surface area contributed by atoms with Gasteiger partial charge in [0, 0.05) is 31.2 Å². The minimum atomic E-state index is 0.0576. The van der Waals surface area contributed by atoms with Gasteiger partial charge in [-0.15, -0.1) is 0 Å². The number of H-pyrrole nitrogens is 1. The number of aromatic amines is 1. The van der Waals surface area contributed by atoms with E-state index in [0.29, 0.717) is 6.61 Å². The molecule has 0 saturated heterocycles. The second kappa shape index (κ2) is 5.31. The third-order valence-corrected chi connectivity index (χ3v) is 3.16. The molecule has 2 rings (SSSR count). The number of aromatic nitrogens is 2. The van der Waals surface area contributed by atoms with E-state index in [4.69, 9.17) is 4.74 Å². The van der Waals surface area contributed by atoms with Gasteiger partial charge in [0.1, 0.15) is 0 Å². The zero-order valence-corrected chi connectivity index (χ0v) is 10.3. The molecular weight excluding hydrogens is 218 g/mol. The lowest BCUT2D eigenvalue weighted by Gasteiger charge is -2.22. The van der Waals surface area contributed by atoms with Crippen LogP contribution in [-0.4, -0.2) is 35.6 Å². The first kappa shape index (κ1) is 12.1. The summed E-state index contributed by atoms with van der Waals surface area (Å²) in [7, 11) is 1.64. The van der Waals surface area contributed by atoms with Crippen LogP contribution in [0.1, 0.15) is 24.7 Å². The molecule has 5 nitrogen and oxygen atoms in total. The van der Waals surface area contributed by atoms with Crippen LogP contribution in [0.5, 0.6) is 0 Å². The summed E-state index contributed by atoms with van der Waals surface area (Å²) in [4.78, 5) is 19.4. The van der Waals surface area contributed by atoms with Gasteiger partial charge in [-0.25, -0.2) is 4.98 Å². The third kappa shape index (κ3) is 2.85. The lowest BCUT2D eigenvalue weighted by atomic mass is 9.89. The van der Waals surface area contributed by atoms with Crippen LogP contribution < -0.4 is 5.32 Å². The van der Waals surface area contributed by atoms with E-state index in [0.717, 1.165) is 30.7 Å². The summed E-state index contributed by atoms with van der Waals surface area (Å²) < 4.78 is 5.00.